The third kappa shape index (κ3) is 4.00. The average Bonchev–Trinajstić information content (AvgIpc) is 3.03. The van der Waals surface area contributed by atoms with E-state index >= 15 is 0 Å². The fraction of sp³-hybridized carbons (Fsp3) is 0.333. The Morgan fingerprint density at radius 2 is 1.92 bits per heavy atom. The van der Waals surface area contributed by atoms with Gasteiger partial charge >= 0.3 is 0 Å². The number of H-pyrrole nitrogens is 1. The second-order valence-electron chi connectivity index (χ2n) is 6.56. The Kier molecular flexibility index (Phi) is 5.11. The van der Waals surface area contributed by atoms with Crippen molar-refractivity contribution >= 4 is 57.6 Å². The number of nitrogens with one attached hydrogen (secondary N) is 2. The minimum Gasteiger partial charge on any atom is -0.385 e. The van der Waals surface area contributed by atoms with Gasteiger partial charge in [-0.25, -0.2) is 4.98 Å². The molecule has 1 aliphatic rings. The van der Waals surface area contributed by atoms with Crippen LogP contribution in [0.3, 0.4) is 0 Å². The highest BCUT2D eigenvalue weighted by molar-refractivity contribution is 6.35. The van der Waals surface area contributed by atoms with Crippen LogP contribution in [0.4, 0.5) is 11.6 Å². The maximum absolute atomic E-state index is 6.06. The molecule has 0 aliphatic carbocycles. The molecule has 2 N–H and O–H groups in total. The van der Waals surface area contributed by atoms with E-state index in [1.54, 1.807) is 12.1 Å². The number of hydrogen-bond donors (Lipinski definition) is 2. The molecule has 3 heterocycles. The van der Waals surface area contributed by atoms with E-state index in [9.17, 15) is 0 Å². The molecule has 1 unspecified atom stereocenters. The molecule has 0 radical (unpaired) electrons. The maximum Gasteiger partial charge on any atom is 0.205 e. The molecule has 1 atom stereocenters. The second-order valence-corrected chi connectivity index (χ2v) is 7.82. The average molecular weight is 411 g/mol. The Hall–Kier alpha value is -1.69. The van der Waals surface area contributed by atoms with Crippen molar-refractivity contribution in [3.8, 4) is 0 Å². The zero-order chi connectivity index (χ0) is 18.1. The molecule has 0 saturated carbocycles. The summed E-state index contributed by atoms with van der Waals surface area (Å²) >= 11 is 18.1. The molecule has 0 spiro atoms. The van der Waals surface area contributed by atoms with Gasteiger partial charge in [-0.15, -0.1) is 0 Å². The van der Waals surface area contributed by atoms with Crippen LogP contribution in [-0.2, 0) is 0 Å². The van der Waals surface area contributed by atoms with Crippen LogP contribution in [0.15, 0.2) is 30.3 Å². The van der Waals surface area contributed by atoms with E-state index in [1.807, 2.05) is 18.2 Å². The number of halogens is 3. The molecule has 2 aromatic heterocycles. The van der Waals surface area contributed by atoms with Gasteiger partial charge in [0.25, 0.3) is 0 Å². The Labute approximate surface area is 166 Å². The number of imidazole rings is 1. The lowest BCUT2D eigenvalue weighted by molar-refractivity contribution is 0.429. The minimum absolute atomic E-state index is 0.455. The van der Waals surface area contributed by atoms with E-state index in [0.717, 1.165) is 43.2 Å². The summed E-state index contributed by atoms with van der Waals surface area (Å²) in [5.41, 5.74) is 2.50. The summed E-state index contributed by atoms with van der Waals surface area (Å²) in [6.45, 7) is 2.76. The molecule has 136 valence electrons. The lowest BCUT2D eigenvalue weighted by atomic mass is 9.98. The fourth-order valence-corrected chi connectivity index (χ4v) is 4.02. The van der Waals surface area contributed by atoms with Gasteiger partial charge in [0, 0.05) is 35.4 Å². The number of nitrogens with zero attached hydrogens (tertiary/aromatic N) is 3. The van der Waals surface area contributed by atoms with Crippen molar-refractivity contribution in [3.63, 3.8) is 0 Å². The molecule has 4 rings (SSSR count). The molecular formula is C18H18Cl3N5. The van der Waals surface area contributed by atoms with Crippen LogP contribution < -0.4 is 10.2 Å². The SMILES string of the molecule is Clc1cc(Cl)cc(NCC2CCCN(c3nc4nc(Cl)ccc4[nH]3)C2)c1. The van der Waals surface area contributed by atoms with E-state index in [0.29, 0.717) is 26.8 Å². The van der Waals surface area contributed by atoms with Crippen LogP contribution in [0.2, 0.25) is 15.2 Å². The van der Waals surface area contributed by atoms with Crippen molar-refractivity contribution in [1.82, 2.24) is 15.0 Å². The van der Waals surface area contributed by atoms with E-state index in [2.05, 4.69) is 25.2 Å². The largest absolute Gasteiger partial charge is 0.385 e. The van der Waals surface area contributed by atoms with Crippen LogP contribution in [0.25, 0.3) is 11.2 Å². The number of aromatic amines is 1. The first-order valence-electron chi connectivity index (χ1n) is 8.54. The third-order valence-electron chi connectivity index (χ3n) is 4.58. The summed E-state index contributed by atoms with van der Waals surface area (Å²) in [6, 6.07) is 9.20. The molecule has 0 bridgehead atoms. The van der Waals surface area contributed by atoms with E-state index < -0.39 is 0 Å². The van der Waals surface area contributed by atoms with Gasteiger partial charge in [-0.3, -0.25) is 0 Å². The van der Waals surface area contributed by atoms with Crippen molar-refractivity contribution in [1.29, 1.82) is 0 Å². The van der Waals surface area contributed by atoms with Gasteiger partial charge in [-0.2, -0.15) is 4.98 Å². The van der Waals surface area contributed by atoms with Gasteiger partial charge in [0.2, 0.25) is 5.95 Å². The predicted molar refractivity (Wildman–Crippen MR) is 109 cm³/mol. The van der Waals surface area contributed by atoms with Gasteiger partial charge < -0.3 is 15.2 Å². The Morgan fingerprint density at radius 1 is 1.12 bits per heavy atom. The number of rotatable bonds is 4. The summed E-state index contributed by atoms with van der Waals surface area (Å²) < 4.78 is 0. The number of pyridine rings is 1. The first kappa shape index (κ1) is 17.7. The van der Waals surface area contributed by atoms with Gasteiger partial charge in [0.05, 0.1) is 5.52 Å². The van der Waals surface area contributed by atoms with Crippen molar-refractivity contribution in [2.45, 2.75) is 12.8 Å². The summed E-state index contributed by atoms with van der Waals surface area (Å²) in [4.78, 5) is 14.5. The van der Waals surface area contributed by atoms with Gasteiger partial charge in [-0.05, 0) is 49.1 Å². The fourth-order valence-electron chi connectivity index (χ4n) is 3.35. The van der Waals surface area contributed by atoms with Crippen molar-refractivity contribution in [3.05, 3.63) is 45.5 Å². The maximum atomic E-state index is 6.06. The predicted octanol–water partition coefficient (Wildman–Crippen LogP) is 5.25. The zero-order valence-corrected chi connectivity index (χ0v) is 16.2. The number of fused-ring (bicyclic) bond motifs is 1. The first-order valence-corrected chi connectivity index (χ1v) is 9.67. The second kappa shape index (κ2) is 7.51. The van der Waals surface area contributed by atoms with Crippen molar-refractivity contribution < 1.29 is 0 Å². The molecule has 8 heteroatoms. The molecule has 0 amide bonds. The quantitative estimate of drug-likeness (QED) is 0.577. The van der Waals surface area contributed by atoms with Crippen LogP contribution >= 0.6 is 34.8 Å². The number of anilines is 2. The number of benzene rings is 1. The molecule has 1 saturated heterocycles. The standard InChI is InChI=1S/C18H18Cl3N5/c19-12-6-13(20)8-14(7-12)22-9-11-2-1-5-26(10-11)18-23-15-3-4-16(21)24-17(15)25-18/h3-4,6-8,11,22H,1-2,5,9-10H2,(H,23,24,25). The van der Waals surface area contributed by atoms with Crippen LogP contribution in [0.5, 0.6) is 0 Å². The zero-order valence-electron chi connectivity index (χ0n) is 14.0. The third-order valence-corrected chi connectivity index (χ3v) is 5.22. The number of hydrogen-bond acceptors (Lipinski definition) is 4. The molecule has 1 aliphatic heterocycles. The number of piperidine rings is 1. The topological polar surface area (TPSA) is 56.8 Å². The van der Waals surface area contributed by atoms with Crippen molar-refractivity contribution in [2.24, 2.45) is 5.92 Å². The van der Waals surface area contributed by atoms with Crippen LogP contribution in [0, 0.1) is 5.92 Å². The summed E-state index contributed by atoms with van der Waals surface area (Å²) in [5.74, 6) is 1.36. The molecular weight excluding hydrogens is 393 g/mol. The molecule has 1 aromatic carbocycles. The normalized spacial score (nSPS) is 17.7. The molecule has 1 fully saturated rings. The summed E-state index contributed by atoms with van der Waals surface area (Å²) in [5, 5.41) is 5.18. The highest BCUT2D eigenvalue weighted by Gasteiger charge is 2.22. The Morgan fingerprint density at radius 3 is 2.73 bits per heavy atom. The first-order chi connectivity index (χ1) is 12.6. The van der Waals surface area contributed by atoms with Crippen LogP contribution in [0.1, 0.15) is 12.8 Å². The van der Waals surface area contributed by atoms with Gasteiger partial charge in [0.15, 0.2) is 5.65 Å². The van der Waals surface area contributed by atoms with Gasteiger partial charge in [-0.1, -0.05) is 34.8 Å². The van der Waals surface area contributed by atoms with E-state index in [1.165, 1.54) is 6.42 Å². The summed E-state index contributed by atoms with van der Waals surface area (Å²) in [6.07, 6.45) is 2.29. The number of aromatic nitrogens is 3. The van der Waals surface area contributed by atoms with Crippen LogP contribution in [-0.4, -0.2) is 34.6 Å². The van der Waals surface area contributed by atoms with Crippen molar-refractivity contribution in [2.75, 3.05) is 29.9 Å². The highest BCUT2D eigenvalue weighted by Crippen LogP contribution is 2.26. The van der Waals surface area contributed by atoms with Gasteiger partial charge in [0.1, 0.15) is 5.15 Å². The Bertz CT molecular complexity index is 906. The lowest BCUT2D eigenvalue weighted by Crippen LogP contribution is -2.38. The Balaban J connectivity index is 1.43. The van der Waals surface area contributed by atoms with E-state index in [4.69, 9.17) is 34.8 Å². The lowest BCUT2D eigenvalue weighted by Gasteiger charge is -2.32. The molecule has 3 aromatic rings. The van der Waals surface area contributed by atoms with E-state index in [-0.39, 0.29) is 0 Å². The minimum atomic E-state index is 0.455. The smallest absolute Gasteiger partial charge is 0.205 e. The molecule has 26 heavy (non-hydrogen) atoms. The summed E-state index contributed by atoms with van der Waals surface area (Å²) in [7, 11) is 0. The highest BCUT2D eigenvalue weighted by atomic mass is 35.5. The monoisotopic (exact) mass is 409 g/mol. The molecule has 5 nitrogen and oxygen atoms in total.